The first-order chi connectivity index (χ1) is 11.6. The summed E-state index contributed by atoms with van der Waals surface area (Å²) in [5.41, 5.74) is 3.65. The molecule has 1 aromatic carbocycles. The zero-order valence-electron chi connectivity index (χ0n) is 14.2. The van der Waals surface area contributed by atoms with Crippen molar-refractivity contribution in [3.8, 4) is 0 Å². The monoisotopic (exact) mass is 341 g/mol. The largest absolute Gasteiger partial charge is 0.372 e. The van der Waals surface area contributed by atoms with Crippen molar-refractivity contribution in [2.45, 2.75) is 25.3 Å². The van der Waals surface area contributed by atoms with Gasteiger partial charge in [-0.25, -0.2) is 0 Å². The van der Waals surface area contributed by atoms with Crippen molar-refractivity contribution >= 4 is 23.4 Å². The SMILES string of the molecule is CC1CN(C)c2ccccc2CN1C(=O)CSCc1ccncc1. The molecule has 2 aromatic rings. The Hall–Kier alpha value is -2.01. The number of aromatic nitrogens is 1. The van der Waals surface area contributed by atoms with Crippen molar-refractivity contribution in [2.24, 2.45) is 0 Å². The molecule has 0 N–H and O–H groups in total. The molecule has 1 aliphatic rings. The van der Waals surface area contributed by atoms with E-state index in [-0.39, 0.29) is 11.9 Å². The molecule has 0 radical (unpaired) electrons. The number of fused-ring (bicyclic) bond motifs is 1. The number of carbonyl (C=O) groups is 1. The van der Waals surface area contributed by atoms with Crippen LogP contribution in [0.5, 0.6) is 0 Å². The summed E-state index contributed by atoms with van der Waals surface area (Å²) >= 11 is 1.67. The first kappa shape index (κ1) is 16.8. The standard InChI is InChI=1S/C19H23N3OS/c1-15-11-21(2)18-6-4-3-5-17(18)12-22(15)19(23)14-24-13-16-7-9-20-10-8-16/h3-10,15H,11-14H2,1-2H3. The van der Waals surface area contributed by atoms with Gasteiger partial charge in [0.1, 0.15) is 0 Å². The number of hydrogen-bond acceptors (Lipinski definition) is 4. The minimum Gasteiger partial charge on any atom is -0.372 e. The van der Waals surface area contributed by atoms with Gasteiger partial charge in [-0.3, -0.25) is 9.78 Å². The summed E-state index contributed by atoms with van der Waals surface area (Å²) in [5, 5.41) is 0. The predicted octanol–water partition coefficient (Wildman–Crippen LogP) is 3.18. The number of rotatable bonds is 4. The normalized spacial score (nSPS) is 17.3. The Balaban J connectivity index is 1.63. The lowest BCUT2D eigenvalue weighted by molar-refractivity contribution is -0.130. The zero-order valence-corrected chi connectivity index (χ0v) is 15.0. The average Bonchev–Trinajstić information content (AvgIpc) is 2.72. The third-order valence-corrected chi connectivity index (χ3v) is 5.37. The van der Waals surface area contributed by atoms with Gasteiger partial charge >= 0.3 is 0 Å². The highest BCUT2D eigenvalue weighted by Gasteiger charge is 2.26. The van der Waals surface area contributed by atoms with E-state index >= 15 is 0 Å². The Morgan fingerprint density at radius 2 is 2.00 bits per heavy atom. The van der Waals surface area contributed by atoms with Gasteiger partial charge in [0, 0.05) is 50.0 Å². The quantitative estimate of drug-likeness (QED) is 0.856. The smallest absolute Gasteiger partial charge is 0.233 e. The molecular weight excluding hydrogens is 318 g/mol. The number of hydrogen-bond donors (Lipinski definition) is 0. The van der Waals surface area contributed by atoms with Crippen LogP contribution in [0.1, 0.15) is 18.1 Å². The van der Waals surface area contributed by atoms with Gasteiger partial charge in [-0.2, -0.15) is 0 Å². The number of benzene rings is 1. The van der Waals surface area contributed by atoms with E-state index in [1.807, 2.05) is 23.1 Å². The predicted molar refractivity (Wildman–Crippen MR) is 100 cm³/mol. The van der Waals surface area contributed by atoms with Crippen LogP contribution in [-0.2, 0) is 17.1 Å². The van der Waals surface area contributed by atoms with Crippen LogP contribution >= 0.6 is 11.8 Å². The second-order valence-electron chi connectivity index (χ2n) is 6.23. The molecule has 126 valence electrons. The Kier molecular flexibility index (Phi) is 5.41. The number of anilines is 1. The summed E-state index contributed by atoms with van der Waals surface area (Å²) in [5.74, 6) is 1.57. The van der Waals surface area contributed by atoms with Crippen LogP contribution in [0.15, 0.2) is 48.8 Å². The third kappa shape index (κ3) is 3.90. The Morgan fingerprint density at radius 3 is 2.79 bits per heavy atom. The van der Waals surface area contributed by atoms with Gasteiger partial charge in [0.15, 0.2) is 0 Å². The lowest BCUT2D eigenvalue weighted by atomic mass is 10.1. The number of pyridine rings is 1. The lowest BCUT2D eigenvalue weighted by Gasteiger charge is -2.28. The van der Waals surface area contributed by atoms with E-state index in [9.17, 15) is 4.79 Å². The molecule has 5 heteroatoms. The van der Waals surface area contributed by atoms with E-state index in [1.54, 1.807) is 24.2 Å². The Labute approximate surface area is 147 Å². The van der Waals surface area contributed by atoms with Crippen molar-refractivity contribution in [3.63, 3.8) is 0 Å². The van der Waals surface area contributed by atoms with Gasteiger partial charge in [-0.1, -0.05) is 18.2 Å². The van der Waals surface area contributed by atoms with E-state index in [1.165, 1.54) is 16.8 Å². The van der Waals surface area contributed by atoms with E-state index < -0.39 is 0 Å². The van der Waals surface area contributed by atoms with Crippen LogP contribution in [0.4, 0.5) is 5.69 Å². The van der Waals surface area contributed by atoms with Crippen LogP contribution in [0.3, 0.4) is 0 Å². The fourth-order valence-corrected chi connectivity index (χ4v) is 3.97. The summed E-state index contributed by atoms with van der Waals surface area (Å²) in [4.78, 5) is 21.0. The molecule has 0 saturated heterocycles. The molecule has 0 bridgehead atoms. The molecule has 24 heavy (non-hydrogen) atoms. The van der Waals surface area contributed by atoms with Crippen molar-refractivity contribution in [1.82, 2.24) is 9.88 Å². The van der Waals surface area contributed by atoms with Crippen LogP contribution in [-0.4, -0.2) is 41.2 Å². The van der Waals surface area contributed by atoms with Crippen molar-refractivity contribution < 1.29 is 4.79 Å². The number of nitrogens with zero attached hydrogens (tertiary/aromatic N) is 3. The molecule has 0 fully saturated rings. The molecule has 4 nitrogen and oxygen atoms in total. The maximum absolute atomic E-state index is 12.7. The van der Waals surface area contributed by atoms with Crippen molar-refractivity contribution in [3.05, 3.63) is 59.9 Å². The number of amides is 1. The maximum atomic E-state index is 12.7. The number of thioether (sulfide) groups is 1. The summed E-state index contributed by atoms with van der Waals surface area (Å²) in [6.07, 6.45) is 3.59. The molecule has 1 aromatic heterocycles. The minimum atomic E-state index is 0.205. The summed E-state index contributed by atoms with van der Waals surface area (Å²) in [7, 11) is 2.10. The fraction of sp³-hybridized carbons (Fsp3) is 0.368. The molecule has 1 atom stereocenters. The number of carbonyl (C=O) groups excluding carboxylic acids is 1. The highest BCUT2D eigenvalue weighted by molar-refractivity contribution is 7.99. The van der Waals surface area contributed by atoms with E-state index in [0.29, 0.717) is 12.3 Å². The van der Waals surface area contributed by atoms with Crippen molar-refractivity contribution in [2.75, 3.05) is 24.2 Å². The highest BCUT2D eigenvalue weighted by atomic mass is 32.2. The van der Waals surface area contributed by atoms with Gasteiger partial charge in [-0.05, 0) is 36.2 Å². The fourth-order valence-electron chi connectivity index (χ4n) is 3.10. The molecule has 1 unspecified atom stereocenters. The molecule has 0 saturated carbocycles. The van der Waals surface area contributed by atoms with E-state index in [4.69, 9.17) is 0 Å². The minimum absolute atomic E-state index is 0.205. The lowest BCUT2D eigenvalue weighted by Crippen LogP contribution is -2.42. The molecule has 2 heterocycles. The summed E-state index contributed by atoms with van der Waals surface area (Å²) in [6, 6.07) is 12.6. The zero-order chi connectivity index (χ0) is 16.9. The van der Waals surface area contributed by atoms with Crippen LogP contribution in [0.25, 0.3) is 0 Å². The Morgan fingerprint density at radius 1 is 1.25 bits per heavy atom. The topological polar surface area (TPSA) is 36.4 Å². The summed E-state index contributed by atoms with van der Waals surface area (Å²) < 4.78 is 0. The first-order valence-electron chi connectivity index (χ1n) is 8.20. The van der Waals surface area contributed by atoms with Crippen molar-refractivity contribution in [1.29, 1.82) is 0 Å². The van der Waals surface area contributed by atoms with Gasteiger partial charge in [-0.15, -0.1) is 11.8 Å². The summed E-state index contributed by atoms with van der Waals surface area (Å²) in [6.45, 7) is 3.68. The van der Waals surface area contributed by atoms with Gasteiger partial charge in [0.25, 0.3) is 0 Å². The second kappa shape index (κ2) is 7.71. The molecule has 0 aliphatic carbocycles. The van der Waals surface area contributed by atoms with Crippen LogP contribution in [0.2, 0.25) is 0 Å². The van der Waals surface area contributed by atoms with E-state index in [2.05, 4.69) is 42.1 Å². The van der Waals surface area contributed by atoms with Gasteiger partial charge < -0.3 is 9.80 Å². The van der Waals surface area contributed by atoms with Crippen LogP contribution < -0.4 is 4.90 Å². The average molecular weight is 341 g/mol. The number of para-hydroxylation sites is 1. The molecule has 0 spiro atoms. The van der Waals surface area contributed by atoms with E-state index in [0.717, 1.165) is 12.3 Å². The Bertz CT molecular complexity index is 692. The molecule has 3 rings (SSSR count). The molecule has 1 aliphatic heterocycles. The number of likely N-dealkylation sites (N-methyl/N-ethyl adjacent to an activating group) is 1. The van der Waals surface area contributed by atoms with Crippen LogP contribution in [0, 0.1) is 0 Å². The maximum Gasteiger partial charge on any atom is 0.233 e. The van der Waals surface area contributed by atoms with Gasteiger partial charge in [0.05, 0.1) is 5.75 Å². The molecule has 1 amide bonds. The third-order valence-electron chi connectivity index (χ3n) is 4.38. The first-order valence-corrected chi connectivity index (χ1v) is 9.36. The highest BCUT2D eigenvalue weighted by Crippen LogP contribution is 2.26. The van der Waals surface area contributed by atoms with Gasteiger partial charge in [0.2, 0.25) is 5.91 Å². The second-order valence-corrected chi connectivity index (χ2v) is 7.21. The molecular formula is C19H23N3OS.